The van der Waals surface area contributed by atoms with E-state index in [1.165, 1.54) is 6.92 Å². The van der Waals surface area contributed by atoms with Gasteiger partial charge in [-0.25, -0.2) is 4.68 Å². The summed E-state index contributed by atoms with van der Waals surface area (Å²) in [6.07, 6.45) is 2.52. The van der Waals surface area contributed by atoms with Gasteiger partial charge in [-0.05, 0) is 25.8 Å². The molecule has 8 heteroatoms. The van der Waals surface area contributed by atoms with E-state index in [0.29, 0.717) is 31.0 Å². The molecule has 2 aliphatic heterocycles. The molecule has 1 fully saturated rings. The lowest BCUT2D eigenvalue weighted by atomic mass is 9.98. The van der Waals surface area contributed by atoms with E-state index in [0.717, 1.165) is 23.4 Å². The maximum Gasteiger partial charge on any atom is 0.256 e. The van der Waals surface area contributed by atoms with Gasteiger partial charge >= 0.3 is 0 Å². The molecule has 2 aromatic heterocycles. The summed E-state index contributed by atoms with van der Waals surface area (Å²) in [4.78, 5) is 29.7. The van der Waals surface area contributed by atoms with Crippen molar-refractivity contribution in [2.45, 2.75) is 45.9 Å². The molecular weight excluding hydrogens is 322 g/mol. The fourth-order valence-electron chi connectivity index (χ4n) is 3.94. The molecule has 1 saturated heterocycles. The number of piperidine rings is 1. The summed E-state index contributed by atoms with van der Waals surface area (Å²) in [5.74, 6) is -0.115. The number of Topliss-reactive ketones (excluding diaryl/α,β-unsaturated/α-hetero) is 1. The van der Waals surface area contributed by atoms with Crippen molar-refractivity contribution in [1.82, 2.24) is 24.9 Å². The van der Waals surface area contributed by atoms with Crippen LogP contribution in [0.25, 0.3) is 0 Å². The molecule has 0 aromatic carbocycles. The number of carbonyl (C=O) groups is 2. The molecule has 0 unspecified atom stereocenters. The van der Waals surface area contributed by atoms with Crippen molar-refractivity contribution in [3.05, 3.63) is 34.4 Å². The van der Waals surface area contributed by atoms with Gasteiger partial charge < -0.3 is 14.6 Å². The number of ether oxygens (including phenoxy) is 1. The number of nitrogens with zero attached hydrogens (tertiary/aromatic N) is 4. The third-order valence-electron chi connectivity index (χ3n) is 5.22. The lowest BCUT2D eigenvalue weighted by Crippen LogP contribution is -2.50. The summed E-state index contributed by atoms with van der Waals surface area (Å²) < 4.78 is 7.77. The van der Waals surface area contributed by atoms with Crippen LogP contribution >= 0.6 is 0 Å². The van der Waals surface area contributed by atoms with E-state index in [2.05, 4.69) is 15.3 Å². The van der Waals surface area contributed by atoms with Gasteiger partial charge in [0.2, 0.25) is 0 Å². The Kier molecular flexibility index (Phi) is 3.72. The molecule has 25 heavy (non-hydrogen) atoms. The summed E-state index contributed by atoms with van der Waals surface area (Å²) in [6.45, 7) is 6.82. The highest BCUT2D eigenvalue weighted by Crippen LogP contribution is 2.31. The van der Waals surface area contributed by atoms with Gasteiger partial charge in [0.05, 0.1) is 41.9 Å². The first kappa shape index (κ1) is 16.0. The SMILES string of the molecule is CC(=O)c1[nH]c(C)c(C(=O)N2CC[C@@H]3OCc4cnnn4[C@H]3C2)c1C. The van der Waals surface area contributed by atoms with Crippen LogP contribution in [0.4, 0.5) is 0 Å². The smallest absolute Gasteiger partial charge is 0.256 e. The molecule has 4 rings (SSSR count). The van der Waals surface area contributed by atoms with Gasteiger partial charge in [-0.1, -0.05) is 5.21 Å². The number of nitrogens with one attached hydrogen (secondary N) is 1. The molecule has 0 saturated carbocycles. The zero-order valence-electron chi connectivity index (χ0n) is 14.6. The third kappa shape index (κ3) is 2.48. The molecule has 0 aliphatic carbocycles. The molecule has 8 nitrogen and oxygen atoms in total. The van der Waals surface area contributed by atoms with E-state index in [9.17, 15) is 9.59 Å². The lowest BCUT2D eigenvalue weighted by Gasteiger charge is -2.41. The van der Waals surface area contributed by atoms with Crippen LogP contribution in [0.1, 0.15) is 57.2 Å². The van der Waals surface area contributed by atoms with E-state index < -0.39 is 0 Å². The van der Waals surface area contributed by atoms with E-state index in [4.69, 9.17) is 4.74 Å². The van der Waals surface area contributed by atoms with E-state index in [-0.39, 0.29) is 23.8 Å². The van der Waals surface area contributed by atoms with Crippen LogP contribution in [0, 0.1) is 13.8 Å². The number of H-pyrrole nitrogens is 1. The number of ketones is 1. The number of aromatic amines is 1. The Hall–Kier alpha value is -2.48. The molecule has 0 radical (unpaired) electrons. The number of carbonyl (C=O) groups excluding carboxylic acids is 2. The highest BCUT2D eigenvalue weighted by atomic mass is 16.5. The Bertz CT molecular complexity index is 853. The van der Waals surface area contributed by atoms with Gasteiger partial charge in [0.15, 0.2) is 5.78 Å². The van der Waals surface area contributed by atoms with Crippen molar-refractivity contribution < 1.29 is 14.3 Å². The number of aromatic nitrogens is 4. The first-order valence-electron chi connectivity index (χ1n) is 8.47. The van der Waals surface area contributed by atoms with Crippen molar-refractivity contribution in [3.63, 3.8) is 0 Å². The zero-order chi connectivity index (χ0) is 17.7. The van der Waals surface area contributed by atoms with Gasteiger partial charge in [-0.3, -0.25) is 9.59 Å². The Balaban J connectivity index is 1.62. The van der Waals surface area contributed by atoms with Crippen LogP contribution < -0.4 is 0 Å². The first-order valence-corrected chi connectivity index (χ1v) is 8.47. The lowest BCUT2D eigenvalue weighted by molar-refractivity contribution is -0.0605. The monoisotopic (exact) mass is 343 g/mol. The maximum absolute atomic E-state index is 13.1. The summed E-state index contributed by atoms with van der Waals surface area (Å²) in [6, 6.07) is -0.0178. The summed E-state index contributed by atoms with van der Waals surface area (Å²) in [7, 11) is 0. The fourth-order valence-corrected chi connectivity index (χ4v) is 3.94. The van der Waals surface area contributed by atoms with Crippen molar-refractivity contribution >= 4 is 11.7 Å². The van der Waals surface area contributed by atoms with Gasteiger partial charge in [-0.15, -0.1) is 5.10 Å². The Morgan fingerprint density at radius 2 is 2.16 bits per heavy atom. The number of hydrogen-bond acceptors (Lipinski definition) is 5. The predicted molar refractivity (Wildman–Crippen MR) is 88.4 cm³/mol. The molecule has 132 valence electrons. The second-order valence-electron chi connectivity index (χ2n) is 6.81. The Morgan fingerprint density at radius 3 is 2.88 bits per heavy atom. The molecule has 1 amide bonds. The minimum atomic E-state index is -0.0636. The maximum atomic E-state index is 13.1. The van der Waals surface area contributed by atoms with Crippen LogP contribution in [0.3, 0.4) is 0 Å². The minimum Gasteiger partial charge on any atom is -0.370 e. The minimum absolute atomic E-state index is 0.0178. The quantitative estimate of drug-likeness (QED) is 0.832. The van der Waals surface area contributed by atoms with E-state index in [1.807, 2.05) is 23.4 Å². The number of likely N-dealkylation sites (tertiary alicyclic amines) is 1. The molecule has 2 aliphatic rings. The molecule has 1 N–H and O–H groups in total. The average Bonchev–Trinajstić information content (AvgIpc) is 3.18. The van der Waals surface area contributed by atoms with Crippen LogP contribution in [-0.2, 0) is 11.3 Å². The fraction of sp³-hybridized carbons (Fsp3) is 0.529. The number of fused-ring (bicyclic) bond motifs is 3. The van der Waals surface area contributed by atoms with Gasteiger partial charge in [-0.2, -0.15) is 0 Å². The third-order valence-corrected chi connectivity index (χ3v) is 5.22. The normalized spacial score (nSPS) is 22.4. The molecule has 0 bridgehead atoms. The second kappa shape index (κ2) is 5.80. The van der Waals surface area contributed by atoms with Crippen molar-refractivity contribution in [1.29, 1.82) is 0 Å². The van der Waals surface area contributed by atoms with Crippen LogP contribution in [-0.4, -0.2) is 55.8 Å². The second-order valence-corrected chi connectivity index (χ2v) is 6.81. The molecule has 2 aromatic rings. The largest absolute Gasteiger partial charge is 0.370 e. The standard InChI is InChI=1S/C17H21N5O3/c1-9-15(10(2)19-16(9)11(3)23)17(24)21-5-4-14-13(7-21)22-12(8-25-14)6-18-20-22/h6,13-14,19H,4-5,7-8H2,1-3H3/t13-,14-/m0/s1. The van der Waals surface area contributed by atoms with E-state index >= 15 is 0 Å². The van der Waals surface area contributed by atoms with Crippen molar-refractivity contribution in [3.8, 4) is 0 Å². The molecule has 4 heterocycles. The van der Waals surface area contributed by atoms with E-state index in [1.54, 1.807) is 6.20 Å². The Labute approximate surface area is 145 Å². The summed E-state index contributed by atoms with van der Waals surface area (Å²) in [5, 5.41) is 8.13. The summed E-state index contributed by atoms with van der Waals surface area (Å²) >= 11 is 0. The van der Waals surface area contributed by atoms with Crippen LogP contribution in [0.5, 0.6) is 0 Å². The highest BCUT2D eigenvalue weighted by Gasteiger charge is 2.38. The van der Waals surface area contributed by atoms with Crippen molar-refractivity contribution in [2.75, 3.05) is 13.1 Å². The topological polar surface area (TPSA) is 93.1 Å². The average molecular weight is 343 g/mol. The van der Waals surface area contributed by atoms with Gasteiger partial charge in [0.1, 0.15) is 0 Å². The number of amides is 1. The number of aryl methyl sites for hydroxylation is 1. The van der Waals surface area contributed by atoms with Crippen LogP contribution in [0.15, 0.2) is 6.20 Å². The van der Waals surface area contributed by atoms with Gasteiger partial charge in [0.25, 0.3) is 5.91 Å². The molecule has 2 atom stereocenters. The van der Waals surface area contributed by atoms with Crippen LogP contribution in [0.2, 0.25) is 0 Å². The number of rotatable bonds is 2. The molecule has 0 spiro atoms. The Morgan fingerprint density at radius 1 is 1.36 bits per heavy atom. The first-order chi connectivity index (χ1) is 12.0. The molecular formula is C17H21N5O3. The summed E-state index contributed by atoms with van der Waals surface area (Å²) in [5.41, 5.74) is 3.49. The van der Waals surface area contributed by atoms with Crippen molar-refractivity contribution in [2.24, 2.45) is 0 Å². The zero-order valence-corrected chi connectivity index (χ0v) is 14.6. The highest BCUT2D eigenvalue weighted by molar-refractivity contribution is 6.02. The predicted octanol–water partition coefficient (Wildman–Crippen LogP) is 1.41. The number of hydrogen-bond donors (Lipinski definition) is 1. The van der Waals surface area contributed by atoms with Gasteiger partial charge in [0, 0.05) is 25.7 Å².